The van der Waals surface area contributed by atoms with Crippen molar-refractivity contribution in [2.24, 2.45) is 56.7 Å². The number of hydrogen-bond donors (Lipinski definition) is 9. The van der Waals surface area contributed by atoms with Gasteiger partial charge in [0.25, 0.3) is 0 Å². The maximum Gasteiger partial charge on any atom is 0.338 e. The summed E-state index contributed by atoms with van der Waals surface area (Å²) >= 11 is 0. The van der Waals surface area contributed by atoms with E-state index in [9.17, 15) is 55.5 Å². The van der Waals surface area contributed by atoms with E-state index in [-0.39, 0.29) is 30.6 Å². The van der Waals surface area contributed by atoms with E-state index in [1.54, 1.807) is 6.92 Å². The third-order valence-electron chi connectivity index (χ3n) is 15.1. The highest BCUT2D eigenvalue weighted by molar-refractivity contribution is 5.77. The first-order chi connectivity index (χ1) is 22.2. The van der Waals surface area contributed by atoms with Crippen molar-refractivity contribution in [2.75, 3.05) is 13.2 Å². The fourth-order valence-electron chi connectivity index (χ4n) is 12.1. The molecule has 274 valence electrons. The highest BCUT2D eigenvalue weighted by Crippen LogP contribution is 2.76. The lowest BCUT2D eigenvalue weighted by atomic mass is 9.32. The van der Waals surface area contributed by atoms with Crippen LogP contribution in [0.25, 0.3) is 0 Å². The van der Waals surface area contributed by atoms with Crippen LogP contribution >= 0.6 is 0 Å². The average molecular weight is 683 g/mol. The Morgan fingerprint density at radius 2 is 1.60 bits per heavy atom. The van der Waals surface area contributed by atoms with Crippen LogP contribution in [0.15, 0.2) is 11.6 Å². The first kappa shape index (κ1) is 37.6. The van der Waals surface area contributed by atoms with Crippen LogP contribution in [0, 0.1) is 56.7 Å². The molecule has 0 amide bonds. The van der Waals surface area contributed by atoms with E-state index in [1.807, 2.05) is 6.92 Å². The van der Waals surface area contributed by atoms with Gasteiger partial charge in [-0.3, -0.25) is 4.79 Å². The van der Waals surface area contributed by atoms with Crippen LogP contribution in [0.3, 0.4) is 0 Å². The molecule has 0 aromatic carbocycles. The Kier molecular flexibility index (Phi) is 9.83. The highest BCUT2D eigenvalue weighted by Gasteiger charge is 2.73. The highest BCUT2D eigenvalue weighted by atomic mass is 16.6. The second-order valence-electron chi connectivity index (χ2n) is 17.2. The molecule has 48 heavy (non-hydrogen) atoms. The van der Waals surface area contributed by atoms with Crippen molar-refractivity contribution in [3.63, 3.8) is 0 Å². The Labute approximate surface area is 282 Å². The third kappa shape index (κ3) is 5.06. The van der Waals surface area contributed by atoms with E-state index in [1.165, 1.54) is 0 Å². The van der Waals surface area contributed by atoms with Gasteiger partial charge in [0, 0.05) is 11.3 Å². The van der Waals surface area contributed by atoms with Gasteiger partial charge in [0.05, 0.1) is 30.8 Å². The molecule has 5 rings (SSSR count). The van der Waals surface area contributed by atoms with Crippen LogP contribution in [0.2, 0.25) is 0 Å². The second-order valence-corrected chi connectivity index (χ2v) is 17.2. The molecule has 0 aliphatic heterocycles. The molecule has 0 spiro atoms. The number of carbonyl (C=O) groups is 2. The van der Waals surface area contributed by atoms with Crippen molar-refractivity contribution >= 4 is 11.9 Å². The van der Waals surface area contributed by atoms with Crippen molar-refractivity contribution in [1.82, 2.24) is 0 Å². The molecule has 17 atom stereocenters. The van der Waals surface area contributed by atoms with E-state index in [4.69, 9.17) is 4.74 Å². The summed E-state index contributed by atoms with van der Waals surface area (Å²) in [4.78, 5) is 26.6. The summed E-state index contributed by atoms with van der Waals surface area (Å²) in [5.41, 5.74) is -3.10. The number of carboxylic acids is 1. The van der Waals surface area contributed by atoms with E-state index in [0.717, 1.165) is 12.0 Å². The molecule has 0 saturated heterocycles. The number of ether oxygens (including phenoxy) is 1. The van der Waals surface area contributed by atoms with Crippen molar-refractivity contribution < 1.29 is 60.3 Å². The van der Waals surface area contributed by atoms with Gasteiger partial charge in [-0.2, -0.15) is 0 Å². The van der Waals surface area contributed by atoms with Gasteiger partial charge in [-0.15, -0.1) is 0 Å². The summed E-state index contributed by atoms with van der Waals surface area (Å²) in [6, 6.07) is 0. The molecule has 4 fully saturated rings. The van der Waals surface area contributed by atoms with Gasteiger partial charge in [-0.1, -0.05) is 53.2 Å². The van der Waals surface area contributed by atoms with Crippen molar-refractivity contribution in [1.29, 1.82) is 0 Å². The van der Waals surface area contributed by atoms with Gasteiger partial charge in [0.1, 0.15) is 24.4 Å². The van der Waals surface area contributed by atoms with Gasteiger partial charge in [0.2, 0.25) is 0 Å². The smallest absolute Gasteiger partial charge is 0.338 e. The van der Waals surface area contributed by atoms with Crippen LogP contribution in [-0.2, 0) is 14.3 Å². The zero-order valence-corrected chi connectivity index (χ0v) is 29.1. The Bertz CT molecular complexity index is 1290. The predicted molar refractivity (Wildman–Crippen MR) is 172 cm³/mol. The lowest BCUT2D eigenvalue weighted by molar-refractivity contribution is -0.279. The third-order valence-corrected chi connectivity index (χ3v) is 15.1. The monoisotopic (exact) mass is 682 g/mol. The molecule has 9 N–H and O–H groups in total. The first-order valence-corrected chi connectivity index (χ1v) is 17.7. The zero-order valence-electron chi connectivity index (χ0n) is 29.1. The maximum absolute atomic E-state index is 13.6. The number of esters is 1. The van der Waals surface area contributed by atoms with E-state index < -0.39 is 101 Å². The molecule has 0 unspecified atom stereocenters. The predicted octanol–water partition coefficient (Wildman–Crippen LogP) is 0.990. The molecule has 12 heteroatoms. The molecule has 5 aliphatic carbocycles. The summed E-state index contributed by atoms with van der Waals surface area (Å²) in [6.45, 7) is 10.8. The molecule has 0 aromatic heterocycles. The Morgan fingerprint density at radius 1 is 0.958 bits per heavy atom. The minimum absolute atomic E-state index is 0.114. The lowest BCUT2D eigenvalue weighted by Crippen LogP contribution is -2.72. The first-order valence-electron chi connectivity index (χ1n) is 17.7. The summed E-state index contributed by atoms with van der Waals surface area (Å²) in [7, 11) is 0. The molecular weight excluding hydrogens is 624 g/mol. The summed E-state index contributed by atoms with van der Waals surface area (Å²) < 4.78 is 6.07. The fourth-order valence-corrected chi connectivity index (χ4v) is 12.1. The maximum atomic E-state index is 13.6. The van der Waals surface area contributed by atoms with Crippen LogP contribution in [0.5, 0.6) is 0 Å². The average Bonchev–Trinajstić information content (AvgIpc) is 3.03. The number of carbonyl (C=O) groups excluding carboxylic acids is 1. The number of aliphatic hydroxyl groups excluding tert-OH is 8. The lowest BCUT2D eigenvalue weighted by Gasteiger charge is -2.72. The normalized spacial score (nSPS) is 49.5. The summed E-state index contributed by atoms with van der Waals surface area (Å²) in [6.07, 6.45) is -6.24. The van der Waals surface area contributed by atoms with Crippen LogP contribution < -0.4 is 0 Å². The van der Waals surface area contributed by atoms with Gasteiger partial charge >= 0.3 is 11.9 Å². The van der Waals surface area contributed by atoms with E-state index in [0.29, 0.717) is 31.6 Å². The molecule has 5 aliphatic rings. The molecular formula is C36H58O12. The number of carboxylic acid groups (broad SMARTS) is 1. The number of aliphatic carboxylic acids is 1. The van der Waals surface area contributed by atoms with Crippen LogP contribution in [-0.4, -0.2) is 114 Å². The molecule has 0 aromatic rings. The number of allylic oxidation sites excluding steroid dienone is 2. The summed E-state index contributed by atoms with van der Waals surface area (Å²) in [5.74, 6) is -2.64. The molecule has 0 bridgehead atoms. The largest absolute Gasteiger partial charge is 0.481 e. The molecule has 0 radical (unpaired) electrons. The van der Waals surface area contributed by atoms with Crippen molar-refractivity contribution in [2.45, 2.75) is 129 Å². The molecule has 4 saturated carbocycles. The van der Waals surface area contributed by atoms with E-state index in [2.05, 4.69) is 33.8 Å². The van der Waals surface area contributed by atoms with Crippen LogP contribution in [0.1, 0.15) is 86.5 Å². The van der Waals surface area contributed by atoms with Crippen molar-refractivity contribution in [3.8, 4) is 0 Å². The van der Waals surface area contributed by atoms with Crippen molar-refractivity contribution in [3.05, 3.63) is 11.6 Å². The topological polar surface area (TPSA) is 225 Å². The standard InChI is InChI=1S/C36H58O12/c1-17-9-10-36(31(46)47)12-11-34(5)19(24(36)18(17)2)7-8-23-32(3)13-20(39)29(44)33(4,16-38)28(32)22(14-35(23,34)6)48-30(45)27(43)26(42)25(41)21(40)15-37/h7,17-18,20-29,37-44H,8-16H2,1-6H3,(H,46,47)/t17-,18+,20-,21-,22-,23-,24+,25-,26+,27-,28-,29+,32-,33+,34-,35-,36+/m1/s1. The SMILES string of the molecule is C[C@H]1[C@H](C)CC[C@]2(C(=O)O)CC[C@]3(C)C(=CC[C@@H]4[C@@]5(C)C[C@@H](O)[C@H](O)[C@@](C)(CO)[C@@H]5[C@H](OC(=O)[C@H](O)[C@@H](O)[C@H](O)[C@H](O)CO)C[C@]43C)[C@H]12. The fraction of sp³-hybridized carbons (Fsp3) is 0.889. The second kappa shape index (κ2) is 12.5. The quantitative estimate of drug-likeness (QED) is 0.129. The Hall–Kier alpha value is -1.64. The number of hydrogen-bond acceptors (Lipinski definition) is 11. The molecule has 12 nitrogen and oxygen atoms in total. The minimum atomic E-state index is -2.29. The minimum Gasteiger partial charge on any atom is -0.481 e. The number of fused-ring (bicyclic) bond motifs is 7. The van der Waals surface area contributed by atoms with Gasteiger partial charge in [-0.25, -0.2) is 4.79 Å². The summed E-state index contributed by atoms with van der Waals surface area (Å²) in [5, 5.41) is 94.7. The number of rotatable bonds is 8. The Balaban J connectivity index is 1.62. The zero-order chi connectivity index (χ0) is 35.9. The van der Waals surface area contributed by atoms with Gasteiger partial charge in [-0.05, 0) is 84.9 Å². The molecule has 0 heterocycles. The Morgan fingerprint density at radius 3 is 2.19 bits per heavy atom. The van der Waals surface area contributed by atoms with E-state index >= 15 is 0 Å². The van der Waals surface area contributed by atoms with Gasteiger partial charge in [0.15, 0.2) is 6.10 Å². The van der Waals surface area contributed by atoms with Crippen LogP contribution in [0.4, 0.5) is 0 Å². The number of aliphatic hydroxyl groups is 8. The van der Waals surface area contributed by atoms with Gasteiger partial charge < -0.3 is 50.7 Å².